The van der Waals surface area contributed by atoms with Crippen molar-refractivity contribution in [1.82, 2.24) is 4.98 Å². The SMILES string of the molecule is CC[C@H](N)C(=O)Nc1ccc(OCc2ccccn2)c(Cl)c1. The van der Waals surface area contributed by atoms with Crippen LogP contribution in [0.1, 0.15) is 19.0 Å². The molecule has 1 amide bonds. The Balaban J connectivity index is 1.99. The summed E-state index contributed by atoms with van der Waals surface area (Å²) in [7, 11) is 0. The van der Waals surface area contributed by atoms with Gasteiger partial charge in [0, 0.05) is 11.9 Å². The normalized spacial score (nSPS) is 11.8. The number of pyridine rings is 1. The van der Waals surface area contributed by atoms with Gasteiger partial charge in [-0.05, 0) is 36.8 Å². The van der Waals surface area contributed by atoms with Crippen molar-refractivity contribution in [3.63, 3.8) is 0 Å². The Morgan fingerprint density at radius 1 is 1.41 bits per heavy atom. The molecule has 0 aliphatic rings. The van der Waals surface area contributed by atoms with Crippen LogP contribution in [-0.4, -0.2) is 16.9 Å². The lowest BCUT2D eigenvalue weighted by Crippen LogP contribution is -2.34. The van der Waals surface area contributed by atoms with Crippen LogP contribution in [0.2, 0.25) is 5.02 Å². The molecule has 6 heteroatoms. The number of nitrogens with one attached hydrogen (secondary N) is 1. The summed E-state index contributed by atoms with van der Waals surface area (Å²) in [6, 6.07) is 10.1. The van der Waals surface area contributed by atoms with E-state index in [0.29, 0.717) is 29.5 Å². The van der Waals surface area contributed by atoms with E-state index >= 15 is 0 Å². The first-order valence-corrected chi connectivity index (χ1v) is 7.36. The number of nitrogens with zero attached hydrogens (tertiary/aromatic N) is 1. The molecule has 0 saturated carbocycles. The molecule has 5 nitrogen and oxygen atoms in total. The lowest BCUT2D eigenvalue weighted by Gasteiger charge is -2.12. The summed E-state index contributed by atoms with van der Waals surface area (Å²) >= 11 is 6.16. The maximum absolute atomic E-state index is 11.7. The van der Waals surface area contributed by atoms with Crippen LogP contribution in [0.5, 0.6) is 5.75 Å². The highest BCUT2D eigenvalue weighted by Gasteiger charge is 2.12. The Morgan fingerprint density at radius 2 is 2.23 bits per heavy atom. The van der Waals surface area contributed by atoms with Gasteiger partial charge in [0.1, 0.15) is 12.4 Å². The van der Waals surface area contributed by atoms with Crippen molar-refractivity contribution in [1.29, 1.82) is 0 Å². The van der Waals surface area contributed by atoms with E-state index in [1.165, 1.54) is 0 Å². The number of hydrogen-bond acceptors (Lipinski definition) is 4. The van der Waals surface area contributed by atoms with Gasteiger partial charge in [0.25, 0.3) is 0 Å². The molecule has 0 fully saturated rings. The summed E-state index contributed by atoms with van der Waals surface area (Å²) in [5.74, 6) is 0.297. The fourth-order valence-electron chi connectivity index (χ4n) is 1.75. The number of benzene rings is 1. The van der Waals surface area contributed by atoms with Crippen LogP contribution >= 0.6 is 11.6 Å². The van der Waals surface area contributed by atoms with Crippen LogP contribution in [0.15, 0.2) is 42.6 Å². The molecule has 2 aromatic rings. The van der Waals surface area contributed by atoms with Crippen LogP contribution in [0.25, 0.3) is 0 Å². The lowest BCUT2D eigenvalue weighted by molar-refractivity contribution is -0.117. The van der Waals surface area contributed by atoms with Crippen molar-refractivity contribution < 1.29 is 9.53 Å². The van der Waals surface area contributed by atoms with Gasteiger partial charge < -0.3 is 15.8 Å². The predicted molar refractivity (Wildman–Crippen MR) is 86.9 cm³/mol. The molecule has 1 aromatic heterocycles. The van der Waals surface area contributed by atoms with Crippen LogP contribution < -0.4 is 15.8 Å². The smallest absolute Gasteiger partial charge is 0.241 e. The minimum absolute atomic E-state index is 0.235. The number of carbonyl (C=O) groups excluding carboxylic acids is 1. The highest BCUT2D eigenvalue weighted by Crippen LogP contribution is 2.28. The second kappa shape index (κ2) is 7.77. The van der Waals surface area contributed by atoms with Gasteiger partial charge in [-0.2, -0.15) is 0 Å². The highest BCUT2D eigenvalue weighted by atomic mass is 35.5. The first-order valence-electron chi connectivity index (χ1n) is 6.99. The molecular weight excluding hydrogens is 302 g/mol. The molecule has 0 aliphatic heterocycles. The van der Waals surface area contributed by atoms with Crippen LogP contribution in [-0.2, 0) is 11.4 Å². The van der Waals surface area contributed by atoms with Gasteiger partial charge in [-0.15, -0.1) is 0 Å². The van der Waals surface area contributed by atoms with E-state index in [-0.39, 0.29) is 5.91 Å². The van der Waals surface area contributed by atoms with Crippen molar-refractivity contribution in [3.05, 3.63) is 53.3 Å². The quantitative estimate of drug-likeness (QED) is 0.858. The Morgan fingerprint density at radius 3 is 2.86 bits per heavy atom. The zero-order valence-electron chi connectivity index (χ0n) is 12.3. The number of anilines is 1. The maximum atomic E-state index is 11.7. The standard InChI is InChI=1S/C16H18ClN3O2/c1-2-14(18)16(21)20-11-6-7-15(13(17)9-11)22-10-12-5-3-4-8-19-12/h3-9,14H,2,10,18H2,1H3,(H,20,21)/t14-/m0/s1. The van der Waals surface area contributed by atoms with E-state index in [1.807, 2.05) is 25.1 Å². The molecule has 0 saturated heterocycles. The van der Waals surface area contributed by atoms with Gasteiger partial charge in [-0.3, -0.25) is 9.78 Å². The van der Waals surface area contributed by atoms with E-state index < -0.39 is 6.04 Å². The molecule has 22 heavy (non-hydrogen) atoms. The van der Waals surface area contributed by atoms with Gasteiger partial charge in [0.2, 0.25) is 5.91 Å². The minimum atomic E-state index is -0.529. The van der Waals surface area contributed by atoms with Crippen molar-refractivity contribution >= 4 is 23.2 Å². The number of halogens is 1. The Hall–Kier alpha value is -2.11. The maximum Gasteiger partial charge on any atom is 0.241 e. The van der Waals surface area contributed by atoms with E-state index in [0.717, 1.165) is 5.69 Å². The largest absolute Gasteiger partial charge is 0.486 e. The Kier molecular flexibility index (Phi) is 5.75. The van der Waals surface area contributed by atoms with Crippen molar-refractivity contribution in [2.24, 2.45) is 5.73 Å². The summed E-state index contributed by atoms with van der Waals surface area (Å²) in [4.78, 5) is 15.9. The molecule has 1 aromatic carbocycles. The average molecular weight is 320 g/mol. The Labute approximate surface area is 134 Å². The second-order valence-electron chi connectivity index (χ2n) is 4.76. The van der Waals surface area contributed by atoms with Gasteiger partial charge >= 0.3 is 0 Å². The summed E-state index contributed by atoms with van der Waals surface area (Å²) in [6.07, 6.45) is 2.28. The molecule has 1 atom stereocenters. The molecule has 0 aliphatic carbocycles. The third-order valence-corrected chi connectivity index (χ3v) is 3.37. The van der Waals surface area contributed by atoms with Gasteiger partial charge in [-0.25, -0.2) is 0 Å². The van der Waals surface area contributed by atoms with E-state index in [9.17, 15) is 4.79 Å². The van der Waals surface area contributed by atoms with Crippen LogP contribution in [0.4, 0.5) is 5.69 Å². The zero-order chi connectivity index (χ0) is 15.9. The fraction of sp³-hybridized carbons (Fsp3) is 0.250. The first kappa shape index (κ1) is 16.3. The molecule has 0 bridgehead atoms. The number of nitrogens with two attached hydrogens (primary N) is 1. The average Bonchev–Trinajstić information content (AvgIpc) is 2.54. The topological polar surface area (TPSA) is 77.2 Å². The number of rotatable bonds is 6. The second-order valence-corrected chi connectivity index (χ2v) is 5.17. The first-order chi connectivity index (χ1) is 10.6. The molecule has 0 unspecified atom stereocenters. The van der Waals surface area contributed by atoms with E-state index in [1.54, 1.807) is 24.4 Å². The fourth-order valence-corrected chi connectivity index (χ4v) is 1.99. The third kappa shape index (κ3) is 4.44. The summed E-state index contributed by atoms with van der Waals surface area (Å²) in [5.41, 5.74) is 7.06. The Bertz CT molecular complexity index is 635. The van der Waals surface area contributed by atoms with Gasteiger partial charge in [0.15, 0.2) is 0 Å². The summed E-state index contributed by atoms with van der Waals surface area (Å²) < 4.78 is 5.62. The van der Waals surface area contributed by atoms with E-state index in [2.05, 4.69) is 10.3 Å². The molecule has 2 rings (SSSR count). The van der Waals surface area contributed by atoms with Gasteiger partial charge in [-0.1, -0.05) is 24.6 Å². The molecular formula is C16H18ClN3O2. The molecule has 1 heterocycles. The molecule has 3 N–H and O–H groups in total. The minimum Gasteiger partial charge on any atom is -0.486 e. The highest BCUT2D eigenvalue weighted by molar-refractivity contribution is 6.32. The van der Waals surface area contributed by atoms with Crippen molar-refractivity contribution in [3.8, 4) is 5.75 Å². The molecule has 116 valence electrons. The zero-order valence-corrected chi connectivity index (χ0v) is 13.0. The van der Waals surface area contributed by atoms with Crippen molar-refractivity contribution in [2.75, 3.05) is 5.32 Å². The van der Waals surface area contributed by atoms with Crippen LogP contribution in [0, 0.1) is 0 Å². The lowest BCUT2D eigenvalue weighted by atomic mass is 10.2. The van der Waals surface area contributed by atoms with E-state index in [4.69, 9.17) is 22.1 Å². The monoisotopic (exact) mass is 319 g/mol. The summed E-state index contributed by atoms with van der Waals surface area (Å²) in [5, 5.41) is 3.13. The number of ether oxygens (including phenoxy) is 1. The van der Waals surface area contributed by atoms with Gasteiger partial charge in [0.05, 0.1) is 16.8 Å². The third-order valence-electron chi connectivity index (χ3n) is 3.08. The van der Waals surface area contributed by atoms with Crippen LogP contribution in [0.3, 0.4) is 0 Å². The number of aromatic nitrogens is 1. The number of carbonyl (C=O) groups is 1. The predicted octanol–water partition coefficient (Wildman–Crippen LogP) is 2.99. The molecule has 0 radical (unpaired) electrons. The summed E-state index contributed by atoms with van der Waals surface area (Å²) in [6.45, 7) is 2.18. The number of hydrogen-bond donors (Lipinski definition) is 2. The molecule has 0 spiro atoms. The number of amides is 1. The van der Waals surface area contributed by atoms with Crippen molar-refractivity contribution in [2.45, 2.75) is 26.0 Å².